The summed E-state index contributed by atoms with van der Waals surface area (Å²) in [4.78, 5) is 24.9. The highest BCUT2D eigenvalue weighted by Crippen LogP contribution is 2.33. The number of nitrogens with zero attached hydrogens (tertiary/aromatic N) is 1. The Morgan fingerprint density at radius 2 is 2.05 bits per heavy atom. The van der Waals surface area contributed by atoms with E-state index in [9.17, 15) is 9.59 Å². The third-order valence-electron chi connectivity index (χ3n) is 3.25. The van der Waals surface area contributed by atoms with Gasteiger partial charge < -0.3 is 5.11 Å². The third kappa shape index (κ3) is 3.33. The zero-order valence-corrected chi connectivity index (χ0v) is 13.3. The van der Waals surface area contributed by atoms with E-state index in [1.807, 2.05) is 24.3 Å². The fraction of sp³-hybridized carbons (Fsp3) is 0.267. The van der Waals surface area contributed by atoms with Crippen LogP contribution >= 0.6 is 24.0 Å². The van der Waals surface area contributed by atoms with Gasteiger partial charge in [0.25, 0.3) is 5.91 Å². The molecule has 1 N–H and O–H groups in total. The van der Waals surface area contributed by atoms with Crippen LogP contribution in [0.1, 0.15) is 25.0 Å². The molecule has 1 heterocycles. The summed E-state index contributed by atoms with van der Waals surface area (Å²) in [6, 6.07) is 6.93. The van der Waals surface area contributed by atoms with Gasteiger partial charge in [-0.15, -0.1) is 0 Å². The zero-order valence-electron chi connectivity index (χ0n) is 11.7. The predicted molar refractivity (Wildman–Crippen MR) is 87.9 cm³/mol. The van der Waals surface area contributed by atoms with Crippen molar-refractivity contribution in [2.45, 2.75) is 26.3 Å². The van der Waals surface area contributed by atoms with Gasteiger partial charge in [0, 0.05) is 0 Å². The number of amides is 1. The molecule has 1 aromatic rings. The van der Waals surface area contributed by atoms with Crippen molar-refractivity contribution in [3.63, 3.8) is 0 Å². The average molecular weight is 321 g/mol. The number of rotatable bonds is 4. The van der Waals surface area contributed by atoms with Gasteiger partial charge in [0.1, 0.15) is 10.4 Å². The molecule has 110 valence electrons. The molecule has 2 rings (SSSR count). The number of thiocarbonyl (C=S) groups is 1. The first kappa shape index (κ1) is 15.7. The number of hydrogen-bond acceptors (Lipinski definition) is 4. The van der Waals surface area contributed by atoms with Gasteiger partial charge in [0.15, 0.2) is 0 Å². The van der Waals surface area contributed by atoms with Crippen LogP contribution < -0.4 is 0 Å². The summed E-state index contributed by atoms with van der Waals surface area (Å²) in [6.07, 6.45) is 2.70. The number of hydrogen-bond donors (Lipinski definition) is 1. The molecule has 1 saturated heterocycles. The molecule has 1 aliphatic heterocycles. The molecule has 0 aromatic heterocycles. The molecule has 6 heteroatoms. The number of carbonyl (C=O) groups excluding carboxylic acids is 1. The van der Waals surface area contributed by atoms with Crippen molar-refractivity contribution in [1.29, 1.82) is 0 Å². The minimum atomic E-state index is -1.07. The van der Waals surface area contributed by atoms with Gasteiger partial charge in [-0.1, -0.05) is 55.2 Å². The summed E-state index contributed by atoms with van der Waals surface area (Å²) in [5.41, 5.74) is 2.12. The molecule has 1 fully saturated rings. The second-order valence-corrected chi connectivity index (χ2v) is 6.34. The maximum Gasteiger partial charge on any atom is 0.326 e. The number of carboxylic acid groups (broad SMARTS) is 1. The van der Waals surface area contributed by atoms with E-state index in [0.717, 1.165) is 28.6 Å². The largest absolute Gasteiger partial charge is 0.480 e. The summed E-state index contributed by atoms with van der Waals surface area (Å²) in [5.74, 6) is -1.42. The molecule has 0 aliphatic carbocycles. The van der Waals surface area contributed by atoms with Crippen molar-refractivity contribution < 1.29 is 14.7 Å². The van der Waals surface area contributed by atoms with E-state index >= 15 is 0 Å². The molecule has 0 saturated carbocycles. The first-order valence-electron chi connectivity index (χ1n) is 6.53. The van der Waals surface area contributed by atoms with Gasteiger partial charge >= 0.3 is 5.97 Å². The number of aliphatic carboxylic acids is 1. The summed E-state index contributed by atoms with van der Waals surface area (Å²) in [6.45, 7) is 3.53. The summed E-state index contributed by atoms with van der Waals surface area (Å²) in [5, 5.41) is 9.03. The highest BCUT2D eigenvalue weighted by Gasteiger charge is 2.38. The highest BCUT2D eigenvalue weighted by molar-refractivity contribution is 8.26. The van der Waals surface area contributed by atoms with E-state index < -0.39 is 12.0 Å². The molecule has 0 radical (unpaired) electrons. The Bertz CT molecular complexity index is 622. The fourth-order valence-electron chi connectivity index (χ4n) is 1.93. The number of thioether (sulfide) groups is 1. The summed E-state index contributed by atoms with van der Waals surface area (Å²) < 4.78 is 0.284. The first-order chi connectivity index (χ1) is 9.93. The molecular weight excluding hydrogens is 306 g/mol. The Hall–Kier alpha value is -1.66. The third-order valence-corrected chi connectivity index (χ3v) is 4.58. The molecule has 0 spiro atoms. The Morgan fingerprint density at radius 1 is 1.43 bits per heavy atom. The van der Waals surface area contributed by atoms with Gasteiger partial charge in [-0.25, -0.2) is 4.79 Å². The van der Waals surface area contributed by atoms with Crippen molar-refractivity contribution in [3.05, 3.63) is 40.3 Å². The van der Waals surface area contributed by atoms with E-state index in [-0.39, 0.29) is 10.2 Å². The van der Waals surface area contributed by atoms with E-state index in [2.05, 4.69) is 6.92 Å². The average Bonchev–Trinajstić information content (AvgIpc) is 2.73. The number of carboxylic acids is 1. The van der Waals surface area contributed by atoms with Crippen molar-refractivity contribution >= 4 is 46.3 Å². The van der Waals surface area contributed by atoms with Crippen LogP contribution in [-0.2, 0) is 16.0 Å². The van der Waals surface area contributed by atoms with Gasteiger partial charge in [-0.3, -0.25) is 9.69 Å². The monoisotopic (exact) mass is 321 g/mol. The van der Waals surface area contributed by atoms with Crippen LogP contribution in [0.2, 0.25) is 0 Å². The molecule has 1 atom stereocenters. The van der Waals surface area contributed by atoms with Crippen LogP contribution in [0.5, 0.6) is 0 Å². The molecule has 1 aliphatic rings. The zero-order chi connectivity index (χ0) is 15.6. The lowest BCUT2D eigenvalue weighted by Gasteiger charge is -2.18. The summed E-state index contributed by atoms with van der Waals surface area (Å²) >= 11 is 6.25. The first-order valence-corrected chi connectivity index (χ1v) is 7.75. The van der Waals surface area contributed by atoms with E-state index in [1.165, 1.54) is 12.5 Å². The van der Waals surface area contributed by atoms with E-state index in [0.29, 0.717) is 4.91 Å². The quantitative estimate of drug-likeness (QED) is 0.682. The van der Waals surface area contributed by atoms with Crippen LogP contribution in [0.25, 0.3) is 6.08 Å². The second kappa shape index (κ2) is 6.41. The normalized spacial score (nSPS) is 18.4. The lowest BCUT2D eigenvalue weighted by Crippen LogP contribution is -2.41. The van der Waals surface area contributed by atoms with Crippen LogP contribution in [0.15, 0.2) is 29.2 Å². The van der Waals surface area contributed by atoms with Crippen molar-refractivity contribution in [3.8, 4) is 0 Å². The molecule has 21 heavy (non-hydrogen) atoms. The van der Waals surface area contributed by atoms with E-state index in [1.54, 1.807) is 6.08 Å². The van der Waals surface area contributed by atoms with Crippen molar-refractivity contribution in [2.24, 2.45) is 0 Å². The fourth-order valence-corrected chi connectivity index (χ4v) is 3.34. The Labute approximate surface area is 132 Å². The van der Waals surface area contributed by atoms with Gasteiger partial charge in [-0.2, -0.15) is 0 Å². The Kier molecular flexibility index (Phi) is 4.80. The number of carbonyl (C=O) groups is 2. The molecule has 1 unspecified atom stereocenters. The minimum absolute atomic E-state index is 0.284. The number of aryl methyl sites for hydroxylation is 1. The smallest absolute Gasteiger partial charge is 0.326 e. The maximum absolute atomic E-state index is 12.3. The van der Waals surface area contributed by atoms with Crippen LogP contribution in [0.4, 0.5) is 0 Å². The van der Waals surface area contributed by atoms with Crippen LogP contribution in [0, 0.1) is 0 Å². The lowest BCUT2D eigenvalue weighted by atomic mass is 10.1. The molecular formula is C15H15NO3S2. The van der Waals surface area contributed by atoms with Gasteiger partial charge in [-0.05, 0) is 30.5 Å². The standard InChI is InChI=1S/C15H15NO3S2/c1-3-10-4-6-11(7-5-10)8-12-13(17)16(15(20)21-12)9(2)14(18)19/h4-9H,3H2,1-2H3,(H,18,19)/b12-8+. The van der Waals surface area contributed by atoms with Crippen LogP contribution in [0.3, 0.4) is 0 Å². The van der Waals surface area contributed by atoms with Gasteiger partial charge in [0.05, 0.1) is 4.91 Å². The second-order valence-electron chi connectivity index (χ2n) is 4.66. The lowest BCUT2D eigenvalue weighted by molar-refractivity contribution is -0.144. The Morgan fingerprint density at radius 3 is 2.57 bits per heavy atom. The highest BCUT2D eigenvalue weighted by atomic mass is 32.2. The topological polar surface area (TPSA) is 57.6 Å². The predicted octanol–water partition coefficient (Wildman–Crippen LogP) is 2.92. The van der Waals surface area contributed by atoms with Gasteiger partial charge in [0.2, 0.25) is 0 Å². The molecule has 0 bridgehead atoms. The van der Waals surface area contributed by atoms with Crippen molar-refractivity contribution in [1.82, 2.24) is 4.90 Å². The molecule has 4 nitrogen and oxygen atoms in total. The SMILES string of the molecule is CCc1ccc(/C=C2/SC(=S)N(C(C)C(=O)O)C2=O)cc1. The molecule has 1 amide bonds. The minimum Gasteiger partial charge on any atom is -0.480 e. The summed E-state index contributed by atoms with van der Waals surface area (Å²) in [7, 11) is 0. The van der Waals surface area contributed by atoms with Crippen LogP contribution in [-0.4, -0.2) is 32.2 Å². The Balaban J connectivity index is 2.25. The van der Waals surface area contributed by atoms with E-state index in [4.69, 9.17) is 17.3 Å². The number of benzene rings is 1. The van der Waals surface area contributed by atoms with Crippen molar-refractivity contribution in [2.75, 3.05) is 0 Å². The maximum atomic E-state index is 12.3. The molecule has 1 aromatic carbocycles.